The standard InChI is InChI=1S/C9H14NS3.HI/c1-2-11-9-7-8(12-13-9)10-5-3-4-6-10;/h7H,2-6H2,1H3;1H/q+1;/p-1. The average molecular weight is 359 g/mol. The molecule has 1 nitrogen and oxygen atoms in total. The lowest BCUT2D eigenvalue weighted by molar-refractivity contribution is -0.00000253. The molecule has 1 saturated heterocycles. The Morgan fingerprint density at radius 2 is 2.07 bits per heavy atom. The molecule has 0 aliphatic carbocycles. The van der Waals surface area contributed by atoms with Gasteiger partial charge in [-0.05, 0) is 16.1 Å². The maximum absolute atomic E-state index is 2.51. The van der Waals surface area contributed by atoms with E-state index in [1.165, 1.54) is 40.6 Å². The Labute approximate surface area is 114 Å². The van der Waals surface area contributed by atoms with E-state index >= 15 is 0 Å². The average Bonchev–Trinajstić information content (AvgIpc) is 2.70. The van der Waals surface area contributed by atoms with Gasteiger partial charge < -0.3 is 24.0 Å². The van der Waals surface area contributed by atoms with Crippen LogP contribution in [0.4, 0.5) is 0 Å². The van der Waals surface area contributed by atoms with Crippen molar-refractivity contribution in [3.05, 3.63) is 10.7 Å². The van der Waals surface area contributed by atoms with Gasteiger partial charge >= 0.3 is 0 Å². The molecular weight excluding hydrogens is 345 g/mol. The Kier molecular flexibility index (Phi) is 6.03. The van der Waals surface area contributed by atoms with Crippen LogP contribution in [-0.2, 0) is 0 Å². The van der Waals surface area contributed by atoms with Crippen molar-refractivity contribution in [2.75, 3.05) is 18.8 Å². The summed E-state index contributed by atoms with van der Waals surface area (Å²) in [5.41, 5.74) is 0. The fraction of sp³-hybridized carbons (Fsp3) is 0.667. The Bertz CT molecular complexity index is 334. The van der Waals surface area contributed by atoms with Crippen LogP contribution in [0, 0.1) is 0 Å². The maximum atomic E-state index is 2.51. The topological polar surface area (TPSA) is 3.01 Å². The van der Waals surface area contributed by atoms with E-state index < -0.39 is 0 Å². The highest BCUT2D eigenvalue weighted by Crippen LogP contribution is 2.23. The van der Waals surface area contributed by atoms with Crippen LogP contribution in [0.1, 0.15) is 19.8 Å². The monoisotopic (exact) mass is 359 g/mol. The van der Waals surface area contributed by atoms with Crippen LogP contribution < -0.4 is 33.2 Å². The lowest BCUT2D eigenvalue weighted by Gasteiger charge is -1.86. The van der Waals surface area contributed by atoms with Crippen molar-refractivity contribution >= 4 is 32.4 Å². The van der Waals surface area contributed by atoms with Gasteiger partial charge in [0, 0.05) is 18.9 Å². The Morgan fingerprint density at radius 3 is 2.71 bits per heavy atom. The molecule has 14 heavy (non-hydrogen) atoms. The van der Waals surface area contributed by atoms with Crippen molar-refractivity contribution < 1.29 is 24.0 Å². The number of thioether (sulfide) groups is 1. The van der Waals surface area contributed by atoms with Crippen LogP contribution in [0.5, 0.6) is 0 Å². The quantitative estimate of drug-likeness (QED) is 0.298. The minimum atomic E-state index is 0. The molecule has 1 aliphatic heterocycles. The zero-order valence-corrected chi connectivity index (χ0v) is 12.8. The smallest absolute Gasteiger partial charge is 0.268 e. The van der Waals surface area contributed by atoms with Gasteiger partial charge in [0.15, 0.2) is 0 Å². The summed E-state index contributed by atoms with van der Waals surface area (Å²) in [5, 5.41) is 0. The van der Waals surface area contributed by atoms with Crippen LogP contribution in [0.15, 0.2) is 10.3 Å². The second kappa shape index (κ2) is 6.50. The van der Waals surface area contributed by atoms with Gasteiger partial charge in [0.2, 0.25) is 0 Å². The van der Waals surface area contributed by atoms with E-state index in [2.05, 4.69) is 17.6 Å². The summed E-state index contributed by atoms with van der Waals surface area (Å²) in [6.07, 6.45) is 2.75. The number of nitrogens with zero attached hydrogens (tertiary/aromatic N) is 1. The van der Waals surface area contributed by atoms with Gasteiger partial charge in [-0.2, -0.15) is 0 Å². The van der Waals surface area contributed by atoms with E-state index in [9.17, 15) is 0 Å². The predicted molar refractivity (Wildman–Crippen MR) is 62.8 cm³/mol. The van der Waals surface area contributed by atoms with Gasteiger partial charge in [-0.3, -0.25) is 0 Å². The van der Waals surface area contributed by atoms with Crippen molar-refractivity contribution in [3.8, 4) is 0 Å². The molecule has 0 spiro atoms. The van der Waals surface area contributed by atoms with Crippen molar-refractivity contribution in [2.24, 2.45) is 0 Å². The van der Waals surface area contributed by atoms with Crippen LogP contribution >= 0.6 is 32.4 Å². The first-order valence-corrected chi connectivity index (χ1v) is 7.84. The summed E-state index contributed by atoms with van der Waals surface area (Å²) in [4.78, 5) is 0. The highest BCUT2D eigenvalue weighted by atomic mass is 127. The van der Waals surface area contributed by atoms with Crippen LogP contribution in [0.25, 0.3) is 0 Å². The minimum Gasteiger partial charge on any atom is -1.00 e. The Hall–Kier alpha value is 0.930. The summed E-state index contributed by atoms with van der Waals surface area (Å²) in [6.45, 7) is 4.75. The van der Waals surface area contributed by atoms with Crippen molar-refractivity contribution in [1.82, 2.24) is 4.58 Å². The molecule has 0 radical (unpaired) electrons. The number of hydrogen-bond acceptors (Lipinski definition) is 3. The molecular formula is C9H14INS3. The van der Waals surface area contributed by atoms with E-state index in [0.717, 1.165) is 0 Å². The fourth-order valence-corrected chi connectivity index (χ4v) is 5.32. The number of halogens is 1. The molecule has 0 atom stereocenters. The van der Waals surface area contributed by atoms with Gasteiger partial charge in [0.05, 0.1) is 4.21 Å². The molecule has 5 heteroatoms. The molecule has 0 bridgehead atoms. The second-order valence-electron chi connectivity index (χ2n) is 3.10. The Morgan fingerprint density at radius 1 is 1.36 bits per heavy atom. The normalized spacial score (nSPS) is 15.6. The van der Waals surface area contributed by atoms with E-state index in [-0.39, 0.29) is 24.0 Å². The van der Waals surface area contributed by atoms with Gasteiger partial charge in [-0.25, -0.2) is 4.58 Å². The van der Waals surface area contributed by atoms with Crippen LogP contribution in [0.3, 0.4) is 0 Å². The first-order chi connectivity index (χ1) is 6.40. The molecule has 1 aromatic rings. The molecule has 1 fully saturated rings. The minimum absolute atomic E-state index is 0. The molecule has 0 N–H and O–H groups in total. The maximum Gasteiger partial charge on any atom is 0.268 e. The lowest BCUT2D eigenvalue weighted by Crippen LogP contribution is -3.00. The van der Waals surface area contributed by atoms with Crippen molar-refractivity contribution in [1.29, 1.82) is 0 Å². The van der Waals surface area contributed by atoms with Crippen molar-refractivity contribution in [3.63, 3.8) is 0 Å². The molecule has 0 amide bonds. The molecule has 0 saturated carbocycles. The summed E-state index contributed by atoms with van der Waals surface area (Å²) in [6, 6.07) is 2.36. The van der Waals surface area contributed by atoms with Gasteiger partial charge in [0.1, 0.15) is 13.1 Å². The SMILES string of the molecule is CCSc1cc(=[N+]2CCCC2)ss1.[I-]. The molecule has 0 unspecified atom stereocenters. The van der Waals surface area contributed by atoms with Gasteiger partial charge in [-0.15, -0.1) is 11.8 Å². The van der Waals surface area contributed by atoms with Crippen molar-refractivity contribution in [2.45, 2.75) is 24.0 Å². The molecule has 1 aromatic heterocycles. The van der Waals surface area contributed by atoms with Gasteiger partial charge in [0.25, 0.3) is 4.67 Å². The summed E-state index contributed by atoms with van der Waals surface area (Å²) in [7, 11) is 3.86. The highest BCUT2D eigenvalue weighted by molar-refractivity contribution is 8.02. The first kappa shape index (κ1) is 13.0. The first-order valence-electron chi connectivity index (χ1n) is 4.71. The predicted octanol–water partition coefficient (Wildman–Crippen LogP) is -0.508. The molecule has 80 valence electrons. The third kappa shape index (κ3) is 3.21. The third-order valence-corrected chi connectivity index (χ3v) is 5.98. The lowest BCUT2D eigenvalue weighted by atomic mass is 10.4. The third-order valence-electron chi connectivity index (χ3n) is 2.15. The Balaban J connectivity index is 0.000000980. The van der Waals surface area contributed by atoms with Crippen LogP contribution in [-0.4, -0.2) is 18.8 Å². The largest absolute Gasteiger partial charge is 1.00 e. The zero-order chi connectivity index (χ0) is 9.10. The number of hydrogen-bond donors (Lipinski definition) is 0. The zero-order valence-electron chi connectivity index (χ0n) is 8.16. The second-order valence-corrected chi connectivity index (χ2v) is 6.85. The van der Waals surface area contributed by atoms with Crippen LogP contribution in [0.2, 0.25) is 0 Å². The molecule has 1 aliphatic rings. The summed E-state index contributed by atoms with van der Waals surface area (Å²) >= 11 is 1.96. The van der Waals surface area contributed by atoms with E-state index in [4.69, 9.17) is 0 Å². The highest BCUT2D eigenvalue weighted by Gasteiger charge is 2.14. The summed E-state index contributed by atoms with van der Waals surface area (Å²) in [5.74, 6) is 1.19. The van der Waals surface area contributed by atoms with E-state index in [1.54, 1.807) is 0 Å². The van der Waals surface area contributed by atoms with Gasteiger partial charge in [-0.1, -0.05) is 17.3 Å². The van der Waals surface area contributed by atoms with E-state index in [1.807, 2.05) is 32.4 Å². The molecule has 0 aromatic carbocycles. The number of rotatable bonds is 2. The molecule has 2 heterocycles. The van der Waals surface area contributed by atoms with E-state index in [0.29, 0.717) is 0 Å². The fourth-order valence-electron chi connectivity index (χ4n) is 1.52. The molecule has 2 rings (SSSR count). The summed E-state index contributed by atoms with van der Waals surface area (Å²) < 4.78 is 5.48.